The van der Waals surface area contributed by atoms with Crippen molar-refractivity contribution in [3.8, 4) is 0 Å². The van der Waals surface area contributed by atoms with Gasteiger partial charge in [-0.3, -0.25) is 9.59 Å². The van der Waals surface area contributed by atoms with E-state index in [0.29, 0.717) is 42.3 Å². The number of rotatable bonds is 5. The minimum atomic E-state index is -0.335. The van der Waals surface area contributed by atoms with E-state index in [9.17, 15) is 19.5 Å². The van der Waals surface area contributed by atoms with Gasteiger partial charge in [0.2, 0.25) is 0 Å². The smallest absolute Gasteiger partial charge is 0.356 e. The Morgan fingerprint density at radius 1 is 1.10 bits per heavy atom. The molecule has 1 heterocycles. The molecule has 7 nitrogen and oxygen atoms in total. The predicted octanol–water partition coefficient (Wildman–Crippen LogP) is 6.44. The zero-order valence-electron chi connectivity index (χ0n) is 25.9. The van der Waals surface area contributed by atoms with Crippen LogP contribution in [0.25, 0.3) is 0 Å². The highest BCUT2D eigenvalue weighted by Gasteiger charge is 2.63. The van der Waals surface area contributed by atoms with E-state index in [4.69, 9.17) is 4.74 Å². The number of fused-ring (bicyclic) bond motifs is 5. The number of hydrogen-bond acceptors (Lipinski definition) is 6. The molecule has 0 bridgehead atoms. The maximum Gasteiger partial charge on any atom is 0.356 e. The second kappa shape index (κ2) is 12.1. The van der Waals surface area contributed by atoms with Crippen molar-refractivity contribution < 1.29 is 24.2 Å². The number of carbonyl (C=O) groups is 3. The third kappa shape index (κ3) is 5.38. The van der Waals surface area contributed by atoms with E-state index >= 15 is 0 Å². The largest absolute Gasteiger partial charge is 0.461 e. The zero-order valence-corrected chi connectivity index (χ0v) is 25.9. The fourth-order valence-electron chi connectivity index (χ4n) is 9.59. The fraction of sp³-hybridized carbons (Fsp3) is 0.657. The first-order valence-corrected chi connectivity index (χ1v) is 16.0. The Labute approximate surface area is 250 Å². The molecule has 42 heavy (non-hydrogen) atoms. The Kier molecular flexibility index (Phi) is 8.80. The highest BCUT2D eigenvalue weighted by molar-refractivity contribution is 5.87. The summed E-state index contributed by atoms with van der Waals surface area (Å²) in [7, 11) is 0. The first-order valence-electron chi connectivity index (χ1n) is 16.0. The van der Waals surface area contributed by atoms with Crippen molar-refractivity contribution in [3.05, 3.63) is 54.1 Å². The molecule has 7 heteroatoms. The molecule has 1 aromatic carbocycles. The van der Waals surface area contributed by atoms with Gasteiger partial charge in [-0.2, -0.15) is 0 Å². The van der Waals surface area contributed by atoms with Gasteiger partial charge < -0.3 is 14.4 Å². The average Bonchev–Trinajstić information content (AvgIpc) is 3.58. The Morgan fingerprint density at radius 3 is 2.52 bits per heavy atom. The lowest BCUT2D eigenvalue weighted by Crippen LogP contribution is -2.58. The van der Waals surface area contributed by atoms with Gasteiger partial charge in [-0.15, -0.1) is 0 Å². The van der Waals surface area contributed by atoms with Gasteiger partial charge in [-0.05, 0) is 99.9 Å². The van der Waals surface area contributed by atoms with E-state index in [0.717, 1.165) is 50.5 Å². The molecule has 1 unspecified atom stereocenters. The molecule has 4 aliphatic rings. The number of nitrogens with zero attached hydrogens (tertiary/aromatic N) is 2. The Bertz CT molecular complexity index is 1290. The summed E-state index contributed by atoms with van der Waals surface area (Å²) in [5.41, 5.74) is 1.59. The standard InChI is InChI=1S/C21H32O3.C14H16N2O2/c1-12(22)16-6-7-17-15-5-4-13-10-14(23)8-9-20(13,2)19(15)18(24)11-21(16,17)3;1-3-18-14(17)13-9-15-10-16(13)11(2)12-7-5-4-6-8-12/h13-17,19,23H,4-11H2,1-3H3;4-11H,3H2,1-2H3/t13-,14+,15-,16+,17-,19+,20-,21+;/m0./s1. The van der Waals surface area contributed by atoms with E-state index in [1.165, 1.54) is 6.20 Å². The third-order valence-corrected chi connectivity index (χ3v) is 11.7. The van der Waals surface area contributed by atoms with Gasteiger partial charge in [0.1, 0.15) is 17.3 Å². The van der Waals surface area contributed by atoms with Crippen LogP contribution in [0.3, 0.4) is 0 Å². The Morgan fingerprint density at radius 2 is 1.83 bits per heavy atom. The van der Waals surface area contributed by atoms with Gasteiger partial charge >= 0.3 is 5.97 Å². The topological polar surface area (TPSA) is 98.5 Å². The number of Topliss-reactive ketones (excluding diaryl/α,β-unsaturated/α-hetero) is 2. The van der Waals surface area contributed by atoms with Crippen LogP contribution in [0.2, 0.25) is 0 Å². The van der Waals surface area contributed by atoms with E-state index < -0.39 is 0 Å². The lowest BCUT2D eigenvalue weighted by molar-refractivity contribution is -0.162. The molecule has 0 amide bonds. The van der Waals surface area contributed by atoms with Gasteiger partial charge in [0.05, 0.1) is 31.3 Å². The summed E-state index contributed by atoms with van der Waals surface area (Å²) in [6.45, 7) is 10.5. The van der Waals surface area contributed by atoms with Crippen LogP contribution in [-0.2, 0) is 14.3 Å². The van der Waals surface area contributed by atoms with Crippen LogP contribution in [0.15, 0.2) is 42.9 Å². The van der Waals surface area contributed by atoms with Crippen molar-refractivity contribution in [1.82, 2.24) is 9.55 Å². The second-order valence-corrected chi connectivity index (χ2v) is 13.8. The number of hydrogen-bond donors (Lipinski definition) is 1. The molecule has 0 aliphatic heterocycles. The van der Waals surface area contributed by atoms with Crippen LogP contribution in [-0.4, -0.2) is 44.9 Å². The molecule has 2 aromatic rings. The lowest BCUT2D eigenvalue weighted by Gasteiger charge is -2.59. The van der Waals surface area contributed by atoms with Crippen LogP contribution < -0.4 is 0 Å². The third-order valence-electron chi connectivity index (χ3n) is 11.7. The number of esters is 1. The summed E-state index contributed by atoms with van der Waals surface area (Å²) in [4.78, 5) is 41.3. The number of aromatic nitrogens is 2. The maximum atomic E-state index is 13.3. The zero-order chi connectivity index (χ0) is 30.2. The maximum absolute atomic E-state index is 13.3. The summed E-state index contributed by atoms with van der Waals surface area (Å²) in [6.07, 6.45) is 10.7. The lowest BCUT2D eigenvalue weighted by atomic mass is 9.44. The van der Waals surface area contributed by atoms with E-state index in [1.807, 2.05) is 41.8 Å². The number of aliphatic hydroxyl groups is 1. The van der Waals surface area contributed by atoms with E-state index in [2.05, 4.69) is 18.8 Å². The summed E-state index contributed by atoms with van der Waals surface area (Å²) in [5.74, 6) is 2.15. The van der Waals surface area contributed by atoms with E-state index in [1.54, 1.807) is 20.2 Å². The van der Waals surface area contributed by atoms with Crippen molar-refractivity contribution in [3.63, 3.8) is 0 Å². The molecule has 9 atom stereocenters. The summed E-state index contributed by atoms with van der Waals surface area (Å²) in [5, 5.41) is 10.1. The van der Waals surface area contributed by atoms with Gasteiger partial charge in [0.25, 0.3) is 0 Å². The van der Waals surface area contributed by atoms with Crippen LogP contribution >= 0.6 is 0 Å². The van der Waals surface area contributed by atoms with Crippen molar-refractivity contribution >= 4 is 17.5 Å². The number of imidazole rings is 1. The van der Waals surface area contributed by atoms with Gasteiger partial charge in [0.15, 0.2) is 0 Å². The average molecular weight is 577 g/mol. The van der Waals surface area contributed by atoms with Crippen LogP contribution in [0.4, 0.5) is 0 Å². The van der Waals surface area contributed by atoms with Crippen molar-refractivity contribution in [2.45, 2.75) is 98.1 Å². The van der Waals surface area contributed by atoms with Crippen molar-refractivity contribution in [2.75, 3.05) is 6.61 Å². The Balaban J connectivity index is 0.000000176. The van der Waals surface area contributed by atoms with Gasteiger partial charge in [-0.1, -0.05) is 44.2 Å². The normalized spacial score (nSPS) is 36.0. The molecule has 4 fully saturated rings. The quantitative estimate of drug-likeness (QED) is 0.411. The first kappa shape index (κ1) is 30.7. The second-order valence-electron chi connectivity index (χ2n) is 13.8. The molecular formula is C35H48N2O5. The van der Waals surface area contributed by atoms with Crippen LogP contribution in [0, 0.1) is 40.4 Å². The molecule has 4 aliphatic carbocycles. The number of ketones is 2. The van der Waals surface area contributed by atoms with E-state index in [-0.39, 0.29) is 46.6 Å². The molecule has 1 aromatic heterocycles. The molecule has 0 spiro atoms. The highest BCUT2D eigenvalue weighted by Crippen LogP contribution is 2.66. The first-order chi connectivity index (χ1) is 20.0. The number of carbonyl (C=O) groups excluding carboxylic acids is 3. The van der Waals surface area contributed by atoms with Gasteiger partial charge in [-0.25, -0.2) is 9.78 Å². The molecule has 0 radical (unpaired) electrons. The van der Waals surface area contributed by atoms with Gasteiger partial charge in [0, 0.05) is 18.3 Å². The SMILES string of the molecule is CC(=O)[C@H]1CC[C@H]2[C@@H]3CC[C@H]4C[C@H](O)CC[C@]4(C)[C@H]3C(=O)C[C@]12C.CCOC(=O)c1cncn1C(C)c1ccccc1. The monoisotopic (exact) mass is 576 g/mol. The van der Waals surface area contributed by atoms with Crippen molar-refractivity contribution in [2.24, 2.45) is 40.4 Å². The van der Waals surface area contributed by atoms with Crippen LogP contribution in [0.1, 0.15) is 108 Å². The molecule has 4 saturated carbocycles. The highest BCUT2D eigenvalue weighted by atomic mass is 16.5. The van der Waals surface area contributed by atoms with Crippen LogP contribution in [0.5, 0.6) is 0 Å². The molecule has 0 saturated heterocycles. The number of aliphatic hydroxyl groups excluding tert-OH is 1. The Hall–Kier alpha value is -2.80. The minimum Gasteiger partial charge on any atom is -0.461 e. The fourth-order valence-corrected chi connectivity index (χ4v) is 9.59. The summed E-state index contributed by atoms with van der Waals surface area (Å²) >= 11 is 0. The number of benzene rings is 1. The molecule has 6 rings (SSSR count). The predicted molar refractivity (Wildman–Crippen MR) is 161 cm³/mol. The molecule has 1 N–H and O–H groups in total. The number of ether oxygens (including phenoxy) is 1. The minimum absolute atomic E-state index is 0.0492. The molecule has 228 valence electrons. The van der Waals surface area contributed by atoms with Crippen molar-refractivity contribution in [1.29, 1.82) is 0 Å². The summed E-state index contributed by atoms with van der Waals surface area (Å²) in [6, 6.07) is 10.0. The molecular weight excluding hydrogens is 528 g/mol. The summed E-state index contributed by atoms with van der Waals surface area (Å²) < 4.78 is 6.84.